The minimum atomic E-state index is -0.725. The van der Waals surface area contributed by atoms with Crippen LogP contribution in [0.2, 0.25) is 0 Å². The number of rotatable bonds is 10. The van der Waals surface area contributed by atoms with Gasteiger partial charge in [-0.05, 0) is 64.8 Å². The lowest BCUT2D eigenvalue weighted by molar-refractivity contribution is -0.125. The van der Waals surface area contributed by atoms with Crippen LogP contribution < -0.4 is 10.6 Å². The number of hydrogen-bond acceptors (Lipinski definition) is 9. The smallest absolute Gasteiger partial charge is 0.341 e. The van der Waals surface area contributed by atoms with Crippen LogP contribution in [0.1, 0.15) is 62.3 Å². The lowest BCUT2D eigenvalue weighted by Gasteiger charge is -2.19. The zero-order valence-electron chi connectivity index (χ0n) is 26.0. The molecule has 45 heavy (non-hydrogen) atoms. The first-order chi connectivity index (χ1) is 21.2. The molecule has 0 spiro atoms. The average molecular weight is 649 g/mol. The molecule has 0 fully saturated rings. The molecule has 11 heteroatoms. The summed E-state index contributed by atoms with van der Waals surface area (Å²) >= 11 is 2.47. The number of benzene rings is 2. The van der Waals surface area contributed by atoms with Crippen LogP contribution in [0.5, 0.6) is 0 Å². The second-order valence-corrected chi connectivity index (χ2v) is 14.1. The van der Waals surface area contributed by atoms with Crippen LogP contribution in [0.25, 0.3) is 20.9 Å². The number of carbonyl (C=O) groups excluding carboxylic acids is 4. The van der Waals surface area contributed by atoms with Gasteiger partial charge in [0.25, 0.3) is 11.8 Å². The molecule has 0 unspecified atom stereocenters. The Bertz CT molecular complexity index is 1540. The van der Waals surface area contributed by atoms with Gasteiger partial charge in [0.15, 0.2) is 0 Å². The topological polar surface area (TPSA) is 120 Å². The fourth-order valence-electron chi connectivity index (χ4n) is 3.99. The summed E-state index contributed by atoms with van der Waals surface area (Å²) in [5.74, 6) is -2.23. The lowest BCUT2D eigenvalue weighted by atomic mass is 10.1. The van der Waals surface area contributed by atoms with Crippen LogP contribution >= 0.6 is 22.7 Å². The van der Waals surface area contributed by atoms with E-state index in [-0.39, 0.29) is 11.1 Å². The SMILES string of the molecule is CC(C)(C)OC(=O)c1cc(-c2ccccc2)sc1NC(=O)COCC(=O)Nc1sc(-c2ccccc2)cc1C(=O)OC(C)(C)C. The summed E-state index contributed by atoms with van der Waals surface area (Å²) in [6.07, 6.45) is 0. The van der Waals surface area contributed by atoms with Crippen LogP contribution in [0.3, 0.4) is 0 Å². The highest BCUT2D eigenvalue weighted by Crippen LogP contribution is 2.37. The van der Waals surface area contributed by atoms with E-state index in [9.17, 15) is 19.2 Å². The molecule has 0 atom stereocenters. The number of thiophene rings is 2. The highest BCUT2D eigenvalue weighted by atomic mass is 32.1. The Labute approximate surface area is 270 Å². The molecule has 0 aliphatic rings. The minimum Gasteiger partial charge on any atom is -0.456 e. The second kappa shape index (κ2) is 14.2. The Morgan fingerprint density at radius 1 is 0.600 bits per heavy atom. The highest BCUT2D eigenvalue weighted by Gasteiger charge is 2.26. The zero-order chi connectivity index (χ0) is 32.8. The van der Waals surface area contributed by atoms with Crippen LogP contribution in [-0.2, 0) is 23.8 Å². The van der Waals surface area contributed by atoms with Crippen molar-refractivity contribution in [3.63, 3.8) is 0 Å². The summed E-state index contributed by atoms with van der Waals surface area (Å²) in [7, 11) is 0. The first kappa shape index (κ1) is 33.6. The molecule has 0 aliphatic carbocycles. The van der Waals surface area contributed by atoms with Gasteiger partial charge in [-0.2, -0.15) is 0 Å². The van der Waals surface area contributed by atoms with Crippen molar-refractivity contribution < 1.29 is 33.4 Å². The van der Waals surface area contributed by atoms with Crippen molar-refractivity contribution in [3.8, 4) is 20.9 Å². The first-order valence-corrected chi connectivity index (χ1v) is 15.8. The maximum atomic E-state index is 12.9. The van der Waals surface area contributed by atoms with Crippen molar-refractivity contribution in [3.05, 3.63) is 83.9 Å². The van der Waals surface area contributed by atoms with Crippen molar-refractivity contribution in [2.45, 2.75) is 52.7 Å². The first-order valence-electron chi connectivity index (χ1n) is 14.2. The Morgan fingerprint density at radius 2 is 0.956 bits per heavy atom. The van der Waals surface area contributed by atoms with Gasteiger partial charge >= 0.3 is 11.9 Å². The van der Waals surface area contributed by atoms with E-state index in [0.29, 0.717) is 10.0 Å². The molecule has 2 aromatic carbocycles. The number of carbonyl (C=O) groups is 4. The third kappa shape index (κ3) is 9.84. The van der Waals surface area contributed by atoms with Gasteiger partial charge in [-0.15, -0.1) is 22.7 Å². The third-order valence-corrected chi connectivity index (χ3v) is 7.99. The summed E-state index contributed by atoms with van der Waals surface area (Å²) in [6, 6.07) is 22.3. The quantitative estimate of drug-likeness (QED) is 0.170. The zero-order valence-corrected chi connectivity index (χ0v) is 27.6. The van der Waals surface area contributed by atoms with E-state index in [1.807, 2.05) is 60.7 Å². The molecule has 0 aliphatic heterocycles. The number of hydrogen-bond donors (Lipinski definition) is 2. The maximum Gasteiger partial charge on any atom is 0.341 e. The van der Waals surface area contributed by atoms with E-state index in [4.69, 9.17) is 14.2 Å². The molecule has 0 saturated carbocycles. The van der Waals surface area contributed by atoms with Gasteiger partial charge in [-0.1, -0.05) is 60.7 Å². The van der Waals surface area contributed by atoms with Gasteiger partial charge in [-0.3, -0.25) is 9.59 Å². The van der Waals surface area contributed by atoms with Crippen molar-refractivity contribution in [2.75, 3.05) is 23.8 Å². The molecule has 2 heterocycles. The highest BCUT2D eigenvalue weighted by molar-refractivity contribution is 7.20. The van der Waals surface area contributed by atoms with Crippen molar-refractivity contribution in [1.82, 2.24) is 0 Å². The van der Waals surface area contributed by atoms with E-state index in [1.54, 1.807) is 53.7 Å². The van der Waals surface area contributed by atoms with E-state index < -0.39 is 48.2 Å². The molecule has 9 nitrogen and oxygen atoms in total. The Hall–Kier alpha value is -4.32. The van der Waals surface area contributed by atoms with Crippen LogP contribution in [0, 0.1) is 0 Å². The summed E-state index contributed by atoms with van der Waals surface area (Å²) < 4.78 is 16.5. The molecule has 0 saturated heterocycles. The normalized spacial score (nSPS) is 11.5. The molecular weight excluding hydrogens is 613 g/mol. The van der Waals surface area contributed by atoms with Gasteiger partial charge in [-0.25, -0.2) is 9.59 Å². The number of amides is 2. The van der Waals surface area contributed by atoms with Crippen molar-refractivity contribution in [2.24, 2.45) is 0 Å². The summed E-state index contributed by atoms with van der Waals surface area (Å²) in [4.78, 5) is 53.1. The summed E-state index contributed by atoms with van der Waals surface area (Å²) in [5.41, 5.74) is 0.767. The minimum absolute atomic E-state index is 0.224. The average Bonchev–Trinajstić information content (AvgIpc) is 3.57. The Balaban J connectivity index is 1.41. The van der Waals surface area contributed by atoms with Crippen molar-refractivity contribution >= 4 is 56.4 Å². The third-order valence-electron chi connectivity index (χ3n) is 5.79. The fourth-order valence-corrected chi connectivity index (χ4v) is 6.12. The maximum absolute atomic E-state index is 12.9. The fraction of sp³-hybridized carbons (Fsp3) is 0.294. The van der Waals surface area contributed by atoms with E-state index >= 15 is 0 Å². The molecule has 2 aromatic heterocycles. The van der Waals surface area contributed by atoms with Crippen LogP contribution in [0.15, 0.2) is 72.8 Å². The van der Waals surface area contributed by atoms with Gasteiger partial charge in [0.2, 0.25) is 0 Å². The predicted octanol–water partition coefficient (Wildman–Crippen LogP) is 7.65. The molecular formula is C34H36N2O7S2. The largest absolute Gasteiger partial charge is 0.456 e. The van der Waals surface area contributed by atoms with Gasteiger partial charge in [0.1, 0.15) is 34.4 Å². The van der Waals surface area contributed by atoms with E-state index in [1.165, 1.54) is 22.7 Å². The predicted molar refractivity (Wildman–Crippen MR) is 178 cm³/mol. The van der Waals surface area contributed by atoms with Gasteiger partial charge in [0, 0.05) is 9.75 Å². The van der Waals surface area contributed by atoms with Crippen LogP contribution in [0.4, 0.5) is 10.0 Å². The molecule has 2 N–H and O–H groups in total. The lowest BCUT2D eigenvalue weighted by Crippen LogP contribution is -2.26. The van der Waals surface area contributed by atoms with E-state index in [2.05, 4.69) is 10.6 Å². The molecule has 4 rings (SSSR count). The van der Waals surface area contributed by atoms with Crippen molar-refractivity contribution in [1.29, 1.82) is 0 Å². The second-order valence-electron chi connectivity index (χ2n) is 12.0. The number of anilines is 2. The summed E-state index contributed by atoms with van der Waals surface area (Å²) in [5, 5.41) is 6.07. The standard InChI is InChI=1S/C34H36N2O7S2/c1-33(2,3)42-31(39)23-17-25(21-13-9-7-10-14-21)44-29(23)35-27(37)19-41-20-28(38)36-30-24(32(40)43-34(4,5)6)18-26(45-30)22-15-11-8-12-16-22/h7-18H,19-20H2,1-6H3,(H,35,37)(H,36,38). The Morgan fingerprint density at radius 3 is 1.29 bits per heavy atom. The molecule has 2 amide bonds. The van der Waals surface area contributed by atoms with E-state index in [0.717, 1.165) is 20.9 Å². The van der Waals surface area contributed by atoms with Gasteiger partial charge < -0.3 is 24.8 Å². The summed E-state index contributed by atoms with van der Waals surface area (Å²) in [6.45, 7) is 9.70. The van der Waals surface area contributed by atoms with Crippen LogP contribution in [-0.4, -0.2) is 48.2 Å². The Kier molecular flexibility index (Phi) is 10.6. The van der Waals surface area contributed by atoms with Gasteiger partial charge in [0.05, 0.1) is 11.1 Å². The molecule has 4 aromatic rings. The molecule has 0 bridgehead atoms. The molecule has 236 valence electrons. The number of ether oxygens (including phenoxy) is 3. The monoisotopic (exact) mass is 648 g/mol. The molecule has 0 radical (unpaired) electrons. The number of nitrogens with one attached hydrogen (secondary N) is 2. The number of esters is 2.